The second-order valence-electron chi connectivity index (χ2n) is 5.47. The summed E-state index contributed by atoms with van der Waals surface area (Å²) in [7, 11) is 0. The third-order valence-electron chi connectivity index (χ3n) is 3.61. The van der Waals surface area contributed by atoms with Crippen molar-refractivity contribution in [3.63, 3.8) is 0 Å². The predicted octanol–water partition coefficient (Wildman–Crippen LogP) is 4.91. The van der Waals surface area contributed by atoms with Gasteiger partial charge in [-0.1, -0.05) is 6.07 Å². The molecule has 0 aliphatic heterocycles. The Kier molecular flexibility index (Phi) is 4.24. The van der Waals surface area contributed by atoms with E-state index in [1.54, 1.807) is 0 Å². The summed E-state index contributed by atoms with van der Waals surface area (Å²) in [5.74, 6) is 2.07. The van der Waals surface area contributed by atoms with E-state index >= 15 is 0 Å². The molecule has 0 radical (unpaired) electrons. The molecule has 0 atom stereocenters. The van der Waals surface area contributed by atoms with Crippen molar-refractivity contribution < 1.29 is 13.9 Å². The lowest BCUT2D eigenvalue weighted by molar-refractivity contribution is 0.323. The number of rotatable bonds is 5. The minimum Gasteiger partial charge on any atom is -0.494 e. The number of oxazole rings is 1. The Bertz CT molecular complexity index is 836. The van der Waals surface area contributed by atoms with Crippen molar-refractivity contribution >= 4 is 11.1 Å². The molecule has 0 spiro atoms. The second-order valence-corrected chi connectivity index (χ2v) is 5.47. The van der Waals surface area contributed by atoms with Crippen molar-refractivity contribution in [3.05, 3.63) is 41.5 Å². The Hall–Kier alpha value is -2.49. The molecule has 1 heterocycles. The van der Waals surface area contributed by atoms with Gasteiger partial charge in [-0.05, 0) is 57.0 Å². The minimum atomic E-state index is 0.570. The van der Waals surface area contributed by atoms with E-state index in [1.165, 1.54) is 5.56 Å². The summed E-state index contributed by atoms with van der Waals surface area (Å²) in [4.78, 5) is 4.64. The fraction of sp³-hybridized carbons (Fsp3) is 0.316. The highest BCUT2D eigenvalue weighted by Crippen LogP contribution is 2.35. The molecular formula is C19H21NO3. The Balaban J connectivity index is 2.11. The smallest absolute Gasteiger partial charge is 0.231 e. The summed E-state index contributed by atoms with van der Waals surface area (Å²) in [5.41, 5.74) is 4.79. The average molecular weight is 311 g/mol. The summed E-state index contributed by atoms with van der Waals surface area (Å²) in [5, 5.41) is 0. The molecule has 1 aromatic heterocycles. The first-order valence-corrected chi connectivity index (χ1v) is 7.90. The number of ether oxygens (including phenoxy) is 2. The molecule has 0 fully saturated rings. The van der Waals surface area contributed by atoms with Gasteiger partial charge in [0.25, 0.3) is 0 Å². The van der Waals surface area contributed by atoms with Gasteiger partial charge in [-0.3, -0.25) is 0 Å². The van der Waals surface area contributed by atoms with Gasteiger partial charge in [-0.2, -0.15) is 0 Å². The molecule has 0 aliphatic carbocycles. The maximum atomic E-state index is 5.99. The summed E-state index contributed by atoms with van der Waals surface area (Å²) in [6, 6.07) is 9.86. The molecule has 0 saturated heterocycles. The molecule has 0 unspecified atom stereocenters. The lowest BCUT2D eigenvalue weighted by Gasteiger charge is -2.10. The van der Waals surface area contributed by atoms with Crippen LogP contribution < -0.4 is 9.47 Å². The Morgan fingerprint density at radius 2 is 1.78 bits per heavy atom. The first kappa shape index (κ1) is 15.4. The monoisotopic (exact) mass is 311 g/mol. The molecule has 0 amide bonds. The minimum absolute atomic E-state index is 0.570. The topological polar surface area (TPSA) is 44.5 Å². The van der Waals surface area contributed by atoms with E-state index in [9.17, 15) is 0 Å². The quantitative estimate of drug-likeness (QED) is 0.671. The third kappa shape index (κ3) is 3.02. The molecule has 23 heavy (non-hydrogen) atoms. The molecule has 3 aromatic rings. The van der Waals surface area contributed by atoms with Crippen LogP contribution in [0.4, 0.5) is 0 Å². The SMILES string of the molecule is CCOc1ccc(-c2nc3cc(C)cc(C)c3o2)c(OCC)c1. The van der Waals surface area contributed by atoms with E-state index in [4.69, 9.17) is 13.9 Å². The normalized spacial score (nSPS) is 11.0. The number of aromatic nitrogens is 1. The molecule has 120 valence electrons. The molecule has 0 saturated carbocycles. The van der Waals surface area contributed by atoms with Crippen LogP contribution in [0.3, 0.4) is 0 Å². The van der Waals surface area contributed by atoms with Gasteiger partial charge in [-0.15, -0.1) is 0 Å². The summed E-state index contributed by atoms with van der Waals surface area (Å²) < 4.78 is 17.3. The molecule has 0 aliphatic rings. The molecular weight excluding hydrogens is 290 g/mol. The van der Waals surface area contributed by atoms with Gasteiger partial charge in [0.15, 0.2) is 5.58 Å². The van der Waals surface area contributed by atoms with Crippen LogP contribution in [0, 0.1) is 13.8 Å². The first-order chi connectivity index (χ1) is 11.1. The van der Waals surface area contributed by atoms with Crippen LogP contribution >= 0.6 is 0 Å². The van der Waals surface area contributed by atoms with Gasteiger partial charge in [-0.25, -0.2) is 4.98 Å². The zero-order valence-electron chi connectivity index (χ0n) is 14.0. The zero-order valence-corrected chi connectivity index (χ0v) is 14.0. The Morgan fingerprint density at radius 1 is 1.00 bits per heavy atom. The number of aryl methyl sites for hydroxylation is 2. The van der Waals surface area contributed by atoms with Crippen LogP contribution in [-0.4, -0.2) is 18.2 Å². The van der Waals surface area contributed by atoms with E-state index in [1.807, 2.05) is 45.0 Å². The lowest BCUT2D eigenvalue weighted by Crippen LogP contribution is -1.97. The highest BCUT2D eigenvalue weighted by molar-refractivity contribution is 5.81. The number of fused-ring (bicyclic) bond motifs is 1. The Morgan fingerprint density at radius 3 is 2.52 bits per heavy atom. The van der Waals surface area contributed by atoms with Gasteiger partial charge < -0.3 is 13.9 Å². The highest BCUT2D eigenvalue weighted by atomic mass is 16.5. The largest absolute Gasteiger partial charge is 0.494 e. The molecule has 4 nitrogen and oxygen atoms in total. The van der Waals surface area contributed by atoms with Crippen molar-refractivity contribution in [2.75, 3.05) is 13.2 Å². The highest BCUT2D eigenvalue weighted by Gasteiger charge is 2.16. The number of nitrogens with zero attached hydrogens (tertiary/aromatic N) is 1. The standard InChI is InChI=1S/C19H21NO3/c1-5-21-14-7-8-15(17(11-14)22-6-2)19-20-16-10-12(3)9-13(4)18(16)23-19/h7-11H,5-6H2,1-4H3. The van der Waals surface area contributed by atoms with Crippen molar-refractivity contribution in [3.8, 4) is 23.0 Å². The van der Waals surface area contributed by atoms with Crippen molar-refractivity contribution in [2.24, 2.45) is 0 Å². The molecule has 4 heteroatoms. The van der Waals surface area contributed by atoms with Crippen LogP contribution in [0.25, 0.3) is 22.6 Å². The number of hydrogen-bond acceptors (Lipinski definition) is 4. The molecule has 3 rings (SSSR count). The van der Waals surface area contributed by atoms with Gasteiger partial charge >= 0.3 is 0 Å². The third-order valence-corrected chi connectivity index (χ3v) is 3.61. The van der Waals surface area contributed by atoms with Crippen molar-refractivity contribution in [1.82, 2.24) is 4.98 Å². The van der Waals surface area contributed by atoms with E-state index in [-0.39, 0.29) is 0 Å². The average Bonchev–Trinajstić information content (AvgIpc) is 2.92. The Labute approximate surface area is 136 Å². The van der Waals surface area contributed by atoms with Gasteiger partial charge in [0.2, 0.25) is 5.89 Å². The van der Waals surface area contributed by atoms with Crippen molar-refractivity contribution in [1.29, 1.82) is 0 Å². The number of benzene rings is 2. The fourth-order valence-corrected chi connectivity index (χ4v) is 2.70. The molecule has 0 bridgehead atoms. The zero-order chi connectivity index (χ0) is 16.4. The maximum Gasteiger partial charge on any atom is 0.231 e. The maximum absolute atomic E-state index is 5.99. The van der Waals surface area contributed by atoms with E-state index in [0.29, 0.717) is 19.1 Å². The lowest BCUT2D eigenvalue weighted by atomic mass is 10.1. The van der Waals surface area contributed by atoms with Gasteiger partial charge in [0, 0.05) is 6.07 Å². The predicted molar refractivity (Wildman–Crippen MR) is 91.3 cm³/mol. The molecule has 0 N–H and O–H groups in total. The summed E-state index contributed by atoms with van der Waals surface area (Å²) in [6.07, 6.45) is 0. The van der Waals surface area contributed by atoms with Crippen LogP contribution in [0.1, 0.15) is 25.0 Å². The van der Waals surface area contributed by atoms with E-state index in [2.05, 4.69) is 18.0 Å². The first-order valence-electron chi connectivity index (χ1n) is 7.90. The van der Waals surface area contributed by atoms with Crippen molar-refractivity contribution in [2.45, 2.75) is 27.7 Å². The summed E-state index contributed by atoms with van der Waals surface area (Å²) >= 11 is 0. The fourth-order valence-electron chi connectivity index (χ4n) is 2.70. The van der Waals surface area contributed by atoms with Gasteiger partial charge in [0.05, 0.1) is 18.8 Å². The molecule has 2 aromatic carbocycles. The van der Waals surface area contributed by atoms with Crippen LogP contribution in [-0.2, 0) is 0 Å². The van der Waals surface area contributed by atoms with Gasteiger partial charge in [0.1, 0.15) is 17.0 Å². The van der Waals surface area contributed by atoms with Crippen LogP contribution in [0.5, 0.6) is 11.5 Å². The van der Waals surface area contributed by atoms with E-state index in [0.717, 1.165) is 33.7 Å². The second kappa shape index (κ2) is 6.32. The van der Waals surface area contributed by atoms with Crippen LogP contribution in [0.15, 0.2) is 34.7 Å². The summed E-state index contributed by atoms with van der Waals surface area (Å²) in [6.45, 7) is 9.19. The van der Waals surface area contributed by atoms with E-state index < -0.39 is 0 Å². The van der Waals surface area contributed by atoms with Crippen LogP contribution in [0.2, 0.25) is 0 Å². The number of hydrogen-bond donors (Lipinski definition) is 0.